The molecule has 3 nitrogen and oxygen atoms in total. The molecule has 4 N–H and O–H groups in total. The second kappa shape index (κ2) is 1.92. The minimum atomic E-state index is 0.556. The molecular formula is C8H8N3. The summed E-state index contributed by atoms with van der Waals surface area (Å²) in [6.45, 7) is 0. The number of aromatic nitrogens is 1. The van der Waals surface area contributed by atoms with Gasteiger partial charge in [-0.15, -0.1) is 0 Å². The first-order chi connectivity index (χ1) is 5.29. The predicted octanol–water partition coefficient (Wildman–Crippen LogP) is 0.737. The first-order valence-electron chi connectivity index (χ1n) is 3.32. The number of hydrogen-bond donors (Lipinski definition) is 2. The fourth-order valence-corrected chi connectivity index (χ4v) is 1.12. The van der Waals surface area contributed by atoms with Crippen LogP contribution in [0.3, 0.4) is 0 Å². The van der Waals surface area contributed by atoms with Crippen molar-refractivity contribution in [2.75, 3.05) is 11.6 Å². The molecule has 3 heteroatoms. The predicted molar refractivity (Wildman–Crippen MR) is 45.3 cm³/mol. The van der Waals surface area contributed by atoms with E-state index < -0.39 is 0 Å². The zero-order chi connectivity index (χ0) is 7.84. The molecule has 1 radical (unpaired) electrons. The maximum atomic E-state index is 5.64. The van der Waals surface area contributed by atoms with Gasteiger partial charge in [0.2, 0.25) is 0 Å². The van der Waals surface area contributed by atoms with E-state index in [1.54, 1.807) is 0 Å². The second-order valence-corrected chi connectivity index (χ2v) is 2.41. The third kappa shape index (κ3) is 0.741. The van der Waals surface area contributed by atoms with Crippen molar-refractivity contribution in [2.45, 2.75) is 0 Å². The molecule has 1 aromatic carbocycles. The van der Waals surface area contributed by atoms with Crippen LogP contribution in [-0.2, 0) is 0 Å². The van der Waals surface area contributed by atoms with Crippen LogP contribution in [0.5, 0.6) is 0 Å². The Morgan fingerprint density at radius 1 is 1.27 bits per heavy atom. The van der Waals surface area contributed by atoms with E-state index in [1.807, 2.05) is 24.3 Å². The third-order valence-electron chi connectivity index (χ3n) is 1.70. The van der Waals surface area contributed by atoms with Crippen molar-refractivity contribution >= 4 is 16.6 Å². The number of hydrogen-bond acceptors (Lipinski definition) is 2. The van der Waals surface area contributed by atoms with E-state index in [-0.39, 0.29) is 0 Å². The van der Waals surface area contributed by atoms with E-state index in [0.717, 1.165) is 10.8 Å². The van der Waals surface area contributed by atoms with Gasteiger partial charge in [-0.25, -0.2) is 4.68 Å². The van der Waals surface area contributed by atoms with Crippen LogP contribution in [0.1, 0.15) is 0 Å². The summed E-state index contributed by atoms with van der Waals surface area (Å²) in [5.41, 5.74) is 5.64. The van der Waals surface area contributed by atoms with Crippen LogP contribution in [0, 0.1) is 6.20 Å². The number of rotatable bonds is 0. The van der Waals surface area contributed by atoms with Crippen molar-refractivity contribution in [3.63, 3.8) is 0 Å². The fourth-order valence-electron chi connectivity index (χ4n) is 1.12. The Labute approximate surface area is 64.2 Å². The highest BCUT2D eigenvalue weighted by Crippen LogP contribution is 2.19. The Kier molecular flexibility index (Phi) is 1.06. The molecule has 0 fully saturated rings. The molecule has 0 spiro atoms. The van der Waals surface area contributed by atoms with Crippen LogP contribution in [0.4, 0.5) is 5.82 Å². The monoisotopic (exact) mass is 146 g/mol. The molecule has 0 aliphatic heterocycles. The molecule has 0 amide bonds. The molecule has 0 saturated carbocycles. The molecule has 55 valence electrons. The number of anilines is 1. The summed E-state index contributed by atoms with van der Waals surface area (Å²) >= 11 is 0. The molecule has 1 aromatic heterocycles. The van der Waals surface area contributed by atoms with Gasteiger partial charge in [0, 0.05) is 10.8 Å². The molecule has 0 unspecified atom stereocenters. The molecule has 0 atom stereocenters. The van der Waals surface area contributed by atoms with Crippen molar-refractivity contribution < 1.29 is 0 Å². The average Bonchev–Trinajstić information content (AvgIpc) is 2.30. The van der Waals surface area contributed by atoms with Gasteiger partial charge in [0.05, 0.1) is 6.20 Å². The van der Waals surface area contributed by atoms with Crippen LogP contribution >= 0.6 is 0 Å². The molecular weight excluding hydrogens is 138 g/mol. The molecule has 0 aliphatic carbocycles. The third-order valence-corrected chi connectivity index (χ3v) is 1.70. The lowest BCUT2D eigenvalue weighted by Crippen LogP contribution is -2.09. The van der Waals surface area contributed by atoms with E-state index in [9.17, 15) is 0 Å². The van der Waals surface area contributed by atoms with Crippen molar-refractivity contribution in [3.05, 3.63) is 30.5 Å². The van der Waals surface area contributed by atoms with Gasteiger partial charge in [0.1, 0.15) is 5.82 Å². The summed E-state index contributed by atoms with van der Waals surface area (Å²) in [6.07, 6.45) is 2.90. The number of nitrogens with zero attached hydrogens (tertiary/aromatic N) is 1. The van der Waals surface area contributed by atoms with Gasteiger partial charge in [-0.3, -0.25) is 0 Å². The lowest BCUT2D eigenvalue weighted by atomic mass is 10.2. The average molecular weight is 146 g/mol. The minimum Gasteiger partial charge on any atom is -0.383 e. The van der Waals surface area contributed by atoms with Gasteiger partial charge in [-0.2, -0.15) is 0 Å². The lowest BCUT2D eigenvalue weighted by Gasteiger charge is -1.92. The van der Waals surface area contributed by atoms with E-state index in [1.165, 1.54) is 4.68 Å². The highest BCUT2D eigenvalue weighted by atomic mass is 15.3. The van der Waals surface area contributed by atoms with Gasteiger partial charge < -0.3 is 11.6 Å². The zero-order valence-corrected chi connectivity index (χ0v) is 5.91. The van der Waals surface area contributed by atoms with E-state index in [2.05, 4.69) is 6.20 Å². The van der Waals surface area contributed by atoms with Gasteiger partial charge in [0.15, 0.2) is 0 Å². The summed E-state index contributed by atoms with van der Waals surface area (Å²) < 4.78 is 1.31. The first kappa shape index (κ1) is 6.09. The van der Waals surface area contributed by atoms with Crippen molar-refractivity contribution in [2.24, 2.45) is 0 Å². The van der Waals surface area contributed by atoms with Crippen LogP contribution < -0.4 is 11.6 Å². The van der Waals surface area contributed by atoms with Crippen molar-refractivity contribution in [1.29, 1.82) is 0 Å². The Morgan fingerprint density at radius 2 is 2.00 bits per heavy atom. The molecule has 2 rings (SSSR count). The van der Waals surface area contributed by atoms with Gasteiger partial charge in [-0.1, -0.05) is 24.3 Å². The Bertz CT molecular complexity index is 389. The van der Waals surface area contributed by atoms with Crippen molar-refractivity contribution in [3.8, 4) is 0 Å². The first-order valence-corrected chi connectivity index (χ1v) is 3.32. The number of nitrogens with two attached hydrogens (primary N) is 2. The summed E-state index contributed by atoms with van der Waals surface area (Å²) in [7, 11) is 0. The van der Waals surface area contributed by atoms with E-state index >= 15 is 0 Å². The SMILES string of the molecule is Nc1c2ccccc2[c]n1N. The number of fused-ring (bicyclic) bond motifs is 1. The van der Waals surface area contributed by atoms with Gasteiger partial charge >= 0.3 is 0 Å². The van der Waals surface area contributed by atoms with Crippen LogP contribution in [0.15, 0.2) is 24.3 Å². The maximum Gasteiger partial charge on any atom is 0.130 e. The van der Waals surface area contributed by atoms with Crippen LogP contribution in [-0.4, -0.2) is 4.68 Å². The molecule has 11 heavy (non-hydrogen) atoms. The minimum absolute atomic E-state index is 0.556. The number of benzene rings is 1. The van der Waals surface area contributed by atoms with Crippen LogP contribution in [0.2, 0.25) is 0 Å². The Balaban J connectivity index is 2.92. The summed E-state index contributed by atoms with van der Waals surface area (Å²) in [5.74, 6) is 6.04. The molecule has 1 heterocycles. The fraction of sp³-hybridized carbons (Fsp3) is 0. The molecule has 0 saturated heterocycles. The maximum absolute atomic E-state index is 5.64. The summed E-state index contributed by atoms with van der Waals surface area (Å²) in [5, 5.41) is 1.91. The highest BCUT2D eigenvalue weighted by Gasteiger charge is 2.01. The van der Waals surface area contributed by atoms with E-state index in [0.29, 0.717) is 5.82 Å². The standard InChI is InChI=1S/C8H8N3/c9-8-7-4-2-1-3-6(7)5-11(8)10/h1-4H,9-10H2. The summed E-state index contributed by atoms with van der Waals surface area (Å²) in [6, 6.07) is 7.70. The molecule has 0 aliphatic rings. The van der Waals surface area contributed by atoms with Gasteiger partial charge in [0.25, 0.3) is 0 Å². The van der Waals surface area contributed by atoms with E-state index in [4.69, 9.17) is 11.6 Å². The smallest absolute Gasteiger partial charge is 0.130 e. The zero-order valence-electron chi connectivity index (χ0n) is 5.91. The Hall–Kier alpha value is -1.64. The highest BCUT2D eigenvalue weighted by molar-refractivity contribution is 5.91. The number of nitrogen functional groups attached to an aromatic ring is 2. The van der Waals surface area contributed by atoms with Crippen molar-refractivity contribution in [1.82, 2.24) is 4.68 Å². The molecule has 2 aromatic rings. The quantitative estimate of drug-likeness (QED) is 0.538. The summed E-state index contributed by atoms with van der Waals surface area (Å²) in [4.78, 5) is 0. The van der Waals surface area contributed by atoms with Gasteiger partial charge in [-0.05, 0) is 0 Å². The van der Waals surface area contributed by atoms with Crippen LogP contribution in [0.25, 0.3) is 10.8 Å². The lowest BCUT2D eigenvalue weighted by molar-refractivity contribution is 1.03. The molecule has 0 bridgehead atoms. The normalized spacial score (nSPS) is 10.5. The second-order valence-electron chi connectivity index (χ2n) is 2.41. The topological polar surface area (TPSA) is 57.0 Å². The largest absolute Gasteiger partial charge is 0.383 e. The Morgan fingerprint density at radius 3 is 2.73 bits per heavy atom.